The fraction of sp³-hybridized carbons (Fsp3) is 0.200. The van der Waals surface area contributed by atoms with Crippen molar-refractivity contribution >= 4 is 19.5 Å². The van der Waals surface area contributed by atoms with Crippen molar-refractivity contribution in [3.05, 3.63) is 35.9 Å². The Hall–Kier alpha value is -1.89. The maximum absolute atomic E-state index is 11.8. The predicted octanol–water partition coefficient (Wildman–Crippen LogP) is -0.0730. The van der Waals surface area contributed by atoms with Gasteiger partial charge in [-0.15, -0.1) is 0 Å². The summed E-state index contributed by atoms with van der Waals surface area (Å²) >= 11 is 0. The Labute approximate surface area is 109 Å². The number of carboxylic acid groups (broad SMARTS) is 1. The molecule has 19 heavy (non-hydrogen) atoms. The SMILES string of the molecule is CN(C(=N)N)C(C(=O)O)(c1ccccc1)P(=O)(O)O. The molecule has 104 valence electrons. The molecule has 8 nitrogen and oxygen atoms in total. The third-order valence-corrected chi connectivity index (χ3v) is 4.34. The second-order valence-electron chi connectivity index (χ2n) is 3.83. The minimum atomic E-state index is -5.19. The lowest BCUT2D eigenvalue weighted by Gasteiger charge is -2.38. The number of hydrogen-bond acceptors (Lipinski definition) is 3. The molecule has 6 N–H and O–H groups in total. The smallest absolute Gasteiger partial charge is 0.367 e. The van der Waals surface area contributed by atoms with Crippen LogP contribution in [0.5, 0.6) is 0 Å². The summed E-state index contributed by atoms with van der Waals surface area (Å²) in [5, 5.41) is 13.9. The first kappa shape index (κ1) is 15.2. The number of likely N-dealkylation sites (N-methyl/N-ethyl adjacent to an activating group) is 1. The van der Waals surface area contributed by atoms with E-state index >= 15 is 0 Å². The highest BCUT2D eigenvalue weighted by atomic mass is 31.2. The molecule has 0 aliphatic heterocycles. The molecule has 1 aromatic rings. The average molecular weight is 287 g/mol. The van der Waals surface area contributed by atoms with Gasteiger partial charge in [-0.1, -0.05) is 30.3 Å². The standard InChI is InChI=1S/C10H14N3O5P/c1-13(9(11)12)10(8(14)15,19(16,17)18)7-5-3-2-4-6-7/h2-6H,1H3,(H3,11,12)(H,14,15)(H2,16,17,18). The first-order valence-electron chi connectivity index (χ1n) is 5.08. The molecule has 0 saturated heterocycles. The molecule has 0 aromatic heterocycles. The average Bonchev–Trinajstić information content (AvgIpc) is 2.28. The van der Waals surface area contributed by atoms with E-state index in [2.05, 4.69) is 0 Å². The lowest BCUT2D eigenvalue weighted by Crippen LogP contribution is -2.54. The Kier molecular flexibility index (Phi) is 4.00. The van der Waals surface area contributed by atoms with Gasteiger partial charge in [0.05, 0.1) is 0 Å². The Balaban J connectivity index is 3.70. The van der Waals surface area contributed by atoms with Crippen LogP contribution in [0.1, 0.15) is 5.56 Å². The van der Waals surface area contributed by atoms with Crippen LogP contribution in [0.3, 0.4) is 0 Å². The molecule has 1 rings (SSSR count). The Morgan fingerprint density at radius 3 is 2.16 bits per heavy atom. The maximum Gasteiger partial charge on any atom is 0.367 e. The Morgan fingerprint density at radius 1 is 1.37 bits per heavy atom. The van der Waals surface area contributed by atoms with Gasteiger partial charge in [-0.3, -0.25) is 9.97 Å². The summed E-state index contributed by atoms with van der Waals surface area (Å²) in [6, 6.07) is 6.97. The van der Waals surface area contributed by atoms with Gasteiger partial charge in [0.25, 0.3) is 5.28 Å². The van der Waals surface area contributed by atoms with Gasteiger partial charge < -0.3 is 25.5 Å². The molecule has 0 bridgehead atoms. The molecule has 9 heteroatoms. The Morgan fingerprint density at radius 2 is 1.84 bits per heavy atom. The van der Waals surface area contributed by atoms with Crippen molar-refractivity contribution < 1.29 is 24.3 Å². The lowest BCUT2D eigenvalue weighted by molar-refractivity contribution is -0.145. The molecule has 1 aromatic carbocycles. The van der Waals surface area contributed by atoms with E-state index in [0.29, 0.717) is 4.90 Å². The van der Waals surface area contributed by atoms with Crippen LogP contribution in [0.2, 0.25) is 0 Å². The molecule has 1 unspecified atom stereocenters. The molecular formula is C10H14N3O5P. The molecule has 0 radical (unpaired) electrons. The maximum atomic E-state index is 11.8. The molecule has 0 heterocycles. The highest BCUT2D eigenvalue weighted by molar-refractivity contribution is 7.54. The number of aliphatic carboxylic acids is 1. The number of nitrogens with one attached hydrogen (secondary N) is 1. The van der Waals surface area contributed by atoms with E-state index in [1.54, 1.807) is 6.07 Å². The van der Waals surface area contributed by atoms with Crippen LogP contribution in [-0.4, -0.2) is 38.8 Å². The lowest BCUT2D eigenvalue weighted by atomic mass is 10.1. The van der Waals surface area contributed by atoms with Gasteiger partial charge in [0.1, 0.15) is 0 Å². The van der Waals surface area contributed by atoms with Gasteiger partial charge in [0.2, 0.25) is 0 Å². The van der Waals surface area contributed by atoms with Crippen molar-refractivity contribution in [3.8, 4) is 0 Å². The number of benzene rings is 1. The van der Waals surface area contributed by atoms with Gasteiger partial charge in [0, 0.05) is 12.6 Å². The number of nitrogens with zero attached hydrogens (tertiary/aromatic N) is 1. The van der Waals surface area contributed by atoms with Crippen LogP contribution in [-0.2, 0) is 14.6 Å². The zero-order valence-corrected chi connectivity index (χ0v) is 10.9. The van der Waals surface area contributed by atoms with E-state index in [-0.39, 0.29) is 5.56 Å². The summed E-state index contributed by atoms with van der Waals surface area (Å²) in [5.41, 5.74) is 5.04. The fourth-order valence-corrected chi connectivity index (χ4v) is 3.03. The predicted molar refractivity (Wildman–Crippen MR) is 67.5 cm³/mol. The molecule has 0 amide bonds. The van der Waals surface area contributed by atoms with E-state index < -0.39 is 24.8 Å². The van der Waals surface area contributed by atoms with Gasteiger partial charge >= 0.3 is 13.6 Å². The third-order valence-electron chi connectivity index (χ3n) is 2.74. The van der Waals surface area contributed by atoms with Crippen LogP contribution >= 0.6 is 7.60 Å². The second-order valence-corrected chi connectivity index (χ2v) is 5.57. The molecule has 0 saturated carbocycles. The molecule has 0 fully saturated rings. The summed E-state index contributed by atoms with van der Waals surface area (Å²) in [6.07, 6.45) is 0. The number of carbonyl (C=O) groups is 1. The number of hydrogen-bond donors (Lipinski definition) is 5. The first-order chi connectivity index (χ1) is 8.65. The summed E-state index contributed by atoms with van der Waals surface area (Å²) in [4.78, 5) is 31.1. The van der Waals surface area contributed by atoms with Crippen LogP contribution in [0.25, 0.3) is 0 Å². The quantitative estimate of drug-likeness (QED) is 0.295. The normalized spacial score (nSPS) is 14.5. The summed E-state index contributed by atoms with van der Waals surface area (Å²) in [5.74, 6) is -2.56. The number of rotatable bonds is 4. The largest absolute Gasteiger partial charge is 0.479 e. The van der Waals surface area contributed by atoms with Gasteiger partial charge in [-0.05, 0) is 0 Å². The number of nitrogens with two attached hydrogens (primary N) is 1. The summed E-state index contributed by atoms with van der Waals surface area (Å²) in [6.45, 7) is 0. The highest BCUT2D eigenvalue weighted by Gasteiger charge is 2.59. The van der Waals surface area contributed by atoms with Crippen molar-refractivity contribution in [2.45, 2.75) is 5.28 Å². The van der Waals surface area contributed by atoms with E-state index in [4.69, 9.17) is 11.1 Å². The van der Waals surface area contributed by atoms with Crippen LogP contribution < -0.4 is 5.73 Å². The van der Waals surface area contributed by atoms with Crippen LogP contribution in [0.15, 0.2) is 30.3 Å². The fourth-order valence-electron chi connectivity index (χ4n) is 1.79. The van der Waals surface area contributed by atoms with Crippen molar-refractivity contribution in [1.82, 2.24) is 4.90 Å². The monoisotopic (exact) mass is 287 g/mol. The zero-order valence-electron chi connectivity index (χ0n) is 10.0. The number of carboxylic acids is 1. The second kappa shape index (κ2) is 5.00. The highest BCUT2D eigenvalue weighted by Crippen LogP contribution is 2.58. The van der Waals surface area contributed by atoms with Crippen molar-refractivity contribution in [1.29, 1.82) is 5.41 Å². The van der Waals surface area contributed by atoms with Crippen LogP contribution in [0, 0.1) is 5.41 Å². The number of guanidine groups is 1. The topological polar surface area (TPSA) is 148 Å². The zero-order chi connectivity index (χ0) is 14.8. The molecule has 0 aliphatic carbocycles. The van der Waals surface area contributed by atoms with Gasteiger partial charge in [0.15, 0.2) is 5.96 Å². The molecule has 0 aliphatic rings. The Bertz CT molecular complexity index is 543. The van der Waals surface area contributed by atoms with Gasteiger partial charge in [-0.25, -0.2) is 4.79 Å². The van der Waals surface area contributed by atoms with E-state index in [0.717, 1.165) is 7.05 Å². The van der Waals surface area contributed by atoms with Crippen molar-refractivity contribution in [2.75, 3.05) is 7.05 Å². The van der Waals surface area contributed by atoms with Gasteiger partial charge in [-0.2, -0.15) is 0 Å². The van der Waals surface area contributed by atoms with Crippen molar-refractivity contribution in [3.63, 3.8) is 0 Å². The van der Waals surface area contributed by atoms with Crippen LogP contribution in [0.4, 0.5) is 0 Å². The summed E-state index contributed by atoms with van der Waals surface area (Å²) in [7, 11) is -4.15. The van der Waals surface area contributed by atoms with E-state index in [1.165, 1.54) is 24.3 Å². The first-order valence-corrected chi connectivity index (χ1v) is 6.69. The third kappa shape index (κ3) is 2.33. The summed E-state index contributed by atoms with van der Waals surface area (Å²) < 4.78 is 11.8. The van der Waals surface area contributed by atoms with E-state index in [1.807, 2.05) is 0 Å². The molecule has 0 spiro atoms. The molecule has 1 atom stereocenters. The minimum absolute atomic E-state index is 0.159. The molecular weight excluding hydrogens is 273 g/mol. The van der Waals surface area contributed by atoms with Crippen molar-refractivity contribution in [2.24, 2.45) is 5.73 Å². The van der Waals surface area contributed by atoms with E-state index in [9.17, 15) is 24.3 Å². The minimum Gasteiger partial charge on any atom is -0.479 e.